The summed E-state index contributed by atoms with van der Waals surface area (Å²) in [6, 6.07) is 14.7. The van der Waals surface area contributed by atoms with Crippen LogP contribution in [0.2, 0.25) is 0 Å². The minimum atomic E-state index is -1.14. The SMILES string of the molecule is O=C(O)N[C@@H](Cc1ccccc1)[C@H](O)CNCCc1ccccn1. The molecule has 2 atom stereocenters. The zero-order valence-electron chi connectivity index (χ0n) is 13.4. The number of aliphatic hydroxyl groups is 1. The van der Waals surface area contributed by atoms with Gasteiger partial charge >= 0.3 is 6.09 Å². The minimum Gasteiger partial charge on any atom is -0.465 e. The lowest BCUT2D eigenvalue weighted by atomic mass is 10.0. The van der Waals surface area contributed by atoms with E-state index in [1.54, 1.807) is 6.20 Å². The first kappa shape index (κ1) is 17.9. The summed E-state index contributed by atoms with van der Waals surface area (Å²) in [7, 11) is 0. The summed E-state index contributed by atoms with van der Waals surface area (Å²) in [4.78, 5) is 15.2. The van der Waals surface area contributed by atoms with Crippen LogP contribution in [0.25, 0.3) is 0 Å². The third kappa shape index (κ3) is 6.36. The second-order valence-electron chi connectivity index (χ2n) is 5.59. The Kier molecular flexibility index (Phi) is 7.20. The first-order chi connectivity index (χ1) is 11.6. The molecule has 1 aromatic heterocycles. The summed E-state index contributed by atoms with van der Waals surface area (Å²) >= 11 is 0. The lowest BCUT2D eigenvalue weighted by Gasteiger charge is -2.23. The zero-order chi connectivity index (χ0) is 17.2. The van der Waals surface area contributed by atoms with E-state index in [4.69, 9.17) is 5.11 Å². The Balaban J connectivity index is 1.81. The van der Waals surface area contributed by atoms with Gasteiger partial charge in [-0.3, -0.25) is 4.98 Å². The number of nitrogens with zero attached hydrogens (tertiary/aromatic N) is 1. The number of benzene rings is 1. The van der Waals surface area contributed by atoms with Crippen molar-refractivity contribution in [3.05, 3.63) is 66.0 Å². The average molecular weight is 329 g/mol. The van der Waals surface area contributed by atoms with Gasteiger partial charge in [0.1, 0.15) is 0 Å². The average Bonchev–Trinajstić information content (AvgIpc) is 2.59. The lowest BCUT2D eigenvalue weighted by molar-refractivity contribution is 0.118. The van der Waals surface area contributed by atoms with E-state index in [-0.39, 0.29) is 0 Å². The summed E-state index contributed by atoms with van der Waals surface area (Å²) in [5, 5.41) is 24.8. The van der Waals surface area contributed by atoms with E-state index in [0.29, 0.717) is 19.5 Å². The molecule has 1 amide bonds. The number of hydrogen-bond acceptors (Lipinski definition) is 4. The molecule has 6 nitrogen and oxygen atoms in total. The van der Waals surface area contributed by atoms with Crippen LogP contribution in [0, 0.1) is 0 Å². The van der Waals surface area contributed by atoms with Crippen molar-refractivity contribution in [3.8, 4) is 0 Å². The van der Waals surface area contributed by atoms with Crippen molar-refractivity contribution in [1.29, 1.82) is 0 Å². The summed E-state index contributed by atoms with van der Waals surface area (Å²) in [5.41, 5.74) is 1.95. The Bertz CT molecular complexity index is 607. The van der Waals surface area contributed by atoms with Crippen molar-refractivity contribution in [2.75, 3.05) is 13.1 Å². The Morgan fingerprint density at radius 3 is 2.54 bits per heavy atom. The van der Waals surface area contributed by atoms with Crippen LogP contribution >= 0.6 is 0 Å². The van der Waals surface area contributed by atoms with Crippen molar-refractivity contribution in [2.24, 2.45) is 0 Å². The van der Waals surface area contributed by atoms with Gasteiger partial charge in [-0.2, -0.15) is 0 Å². The van der Waals surface area contributed by atoms with E-state index in [1.165, 1.54) is 0 Å². The fourth-order valence-electron chi connectivity index (χ4n) is 2.46. The second-order valence-corrected chi connectivity index (χ2v) is 5.59. The minimum absolute atomic E-state index is 0.310. The molecule has 24 heavy (non-hydrogen) atoms. The van der Waals surface area contributed by atoms with Gasteiger partial charge in [0.05, 0.1) is 12.1 Å². The van der Waals surface area contributed by atoms with Crippen LogP contribution in [0.1, 0.15) is 11.3 Å². The van der Waals surface area contributed by atoms with Gasteiger partial charge < -0.3 is 20.8 Å². The van der Waals surface area contributed by atoms with Gasteiger partial charge in [0.25, 0.3) is 0 Å². The normalized spacial score (nSPS) is 13.2. The predicted molar refractivity (Wildman–Crippen MR) is 91.9 cm³/mol. The van der Waals surface area contributed by atoms with Crippen LogP contribution in [0.3, 0.4) is 0 Å². The number of aliphatic hydroxyl groups excluding tert-OH is 1. The summed E-state index contributed by atoms with van der Waals surface area (Å²) < 4.78 is 0. The molecule has 1 heterocycles. The monoisotopic (exact) mass is 329 g/mol. The second kappa shape index (κ2) is 9.64. The number of hydrogen-bond donors (Lipinski definition) is 4. The third-order valence-corrected chi connectivity index (χ3v) is 3.71. The van der Waals surface area contributed by atoms with Crippen LogP contribution in [-0.2, 0) is 12.8 Å². The predicted octanol–water partition coefficient (Wildman–Crippen LogP) is 1.45. The van der Waals surface area contributed by atoms with Crippen LogP contribution in [0.5, 0.6) is 0 Å². The molecule has 4 N–H and O–H groups in total. The molecule has 0 aliphatic carbocycles. The van der Waals surface area contributed by atoms with Gasteiger partial charge in [-0.15, -0.1) is 0 Å². The van der Waals surface area contributed by atoms with Crippen LogP contribution in [0.4, 0.5) is 4.79 Å². The fraction of sp³-hybridized carbons (Fsp3) is 0.333. The van der Waals surface area contributed by atoms with Gasteiger partial charge in [0.2, 0.25) is 0 Å². The highest BCUT2D eigenvalue weighted by atomic mass is 16.4. The van der Waals surface area contributed by atoms with Gasteiger partial charge in [-0.05, 0) is 24.1 Å². The molecule has 0 saturated heterocycles. The number of rotatable bonds is 9. The van der Waals surface area contributed by atoms with Crippen molar-refractivity contribution < 1.29 is 15.0 Å². The standard InChI is InChI=1S/C18H23N3O3/c22-17(13-19-11-9-15-8-4-5-10-20-15)16(21-18(23)24)12-14-6-2-1-3-7-14/h1-8,10,16-17,19,21-22H,9,11-13H2,(H,23,24)/t16-,17+/m0/s1. The molecule has 2 rings (SSSR count). The highest BCUT2D eigenvalue weighted by Gasteiger charge is 2.21. The molecule has 6 heteroatoms. The van der Waals surface area contributed by atoms with Crippen LogP contribution < -0.4 is 10.6 Å². The Hall–Kier alpha value is -2.44. The molecular weight excluding hydrogens is 306 g/mol. The van der Waals surface area contributed by atoms with E-state index in [9.17, 15) is 9.90 Å². The lowest BCUT2D eigenvalue weighted by Crippen LogP contribution is -2.48. The van der Waals surface area contributed by atoms with Crippen molar-refractivity contribution in [2.45, 2.75) is 25.0 Å². The number of pyridine rings is 1. The van der Waals surface area contributed by atoms with Crippen LogP contribution in [-0.4, -0.2) is 46.5 Å². The molecule has 2 aromatic rings. The zero-order valence-corrected chi connectivity index (χ0v) is 13.4. The maximum absolute atomic E-state index is 11.0. The number of nitrogens with one attached hydrogen (secondary N) is 2. The fourth-order valence-corrected chi connectivity index (χ4v) is 2.46. The molecule has 0 radical (unpaired) electrons. The molecule has 0 unspecified atom stereocenters. The maximum atomic E-state index is 11.0. The Morgan fingerprint density at radius 2 is 1.88 bits per heavy atom. The summed E-state index contributed by atoms with van der Waals surface area (Å²) in [6.45, 7) is 0.976. The first-order valence-corrected chi connectivity index (χ1v) is 7.97. The summed E-state index contributed by atoms with van der Waals surface area (Å²) in [5.74, 6) is 0. The molecule has 0 saturated carbocycles. The molecular formula is C18H23N3O3. The Morgan fingerprint density at radius 1 is 1.12 bits per heavy atom. The van der Waals surface area contributed by atoms with E-state index in [2.05, 4.69) is 15.6 Å². The van der Waals surface area contributed by atoms with E-state index in [0.717, 1.165) is 17.7 Å². The van der Waals surface area contributed by atoms with Gasteiger partial charge in [0, 0.05) is 31.4 Å². The van der Waals surface area contributed by atoms with Crippen molar-refractivity contribution >= 4 is 6.09 Å². The highest BCUT2D eigenvalue weighted by molar-refractivity contribution is 5.65. The van der Waals surface area contributed by atoms with Gasteiger partial charge in [-0.1, -0.05) is 36.4 Å². The molecule has 0 fully saturated rings. The number of aromatic nitrogens is 1. The maximum Gasteiger partial charge on any atom is 0.404 e. The molecule has 0 bridgehead atoms. The van der Waals surface area contributed by atoms with Crippen LogP contribution in [0.15, 0.2) is 54.7 Å². The van der Waals surface area contributed by atoms with E-state index in [1.807, 2.05) is 48.5 Å². The number of carbonyl (C=O) groups is 1. The Labute approximate surface area is 141 Å². The van der Waals surface area contributed by atoms with E-state index < -0.39 is 18.2 Å². The molecule has 0 spiro atoms. The van der Waals surface area contributed by atoms with Gasteiger partial charge in [0.15, 0.2) is 0 Å². The third-order valence-electron chi connectivity index (χ3n) is 3.71. The topological polar surface area (TPSA) is 94.5 Å². The first-order valence-electron chi connectivity index (χ1n) is 7.97. The molecule has 0 aliphatic rings. The smallest absolute Gasteiger partial charge is 0.404 e. The van der Waals surface area contributed by atoms with Crippen molar-refractivity contribution in [1.82, 2.24) is 15.6 Å². The van der Waals surface area contributed by atoms with Crippen molar-refractivity contribution in [3.63, 3.8) is 0 Å². The highest BCUT2D eigenvalue weighted by Crippen LogP contribution is 2.06. The largest absolute Gasteiger partial charge is 0.465 e. The quantitative estimate of drug-likeness (QED) is 0.523. The number of carboxylic acid groups (broad SMARTS) is 1. The number of amides is 1. The van der Waals surface area contributed by atoms with Gasteiger partial charge in [-0.25, -0.2) is 4.79 Å². The molecule has 1 aromatic carbocycles. The van der Waals surface area contributed by atoms with E-state index >= 15 is 0 Å². The molecule has 0 aliphatic heterocycles. The summed E-state index contributed by atoms with van der Waals surface area (Å²) in [6.07, 6.45) is 0.990. The molecule has 128 valence electrons.